The zero-order valence-electron chi connectivity index (χ0n) is 12.1. The lowest BCUT2D eigenvalue weighted by Crippen LogP contribution is -2.37. The molecule has 2 rings (SSSR count). The van der Waals surface area contributed by atoms with Gasteiger partial charge in [-0.25, -0.2) is 0 Å². The first kappa shape index (κ1) is 16.7. The summed E-state index contributed by atoms with van der Waals surface area (Å²) in [5.74, 6) is 0. The fourth-order valence-corrected chi connectivity index (χ4v) is 3.74. The van der Waals surface area contributed by atoms with Gasteiger partial charge in [0.2, 0.25) is 0 Å². The summed E-state index contributed by atoms with van der Waals surface area (Å²) < 4.78 is 0.909. The largest absolute Gasteiger partial charge is 0.331 e. The summed E-state index contributed by atoms with van der Waals surface area (Å²) in [6.45, 7) is 1.80. The van der Waals surface area contributed by atoms with Crippen molar-refractivity contribution >= 4 is 46.4 Å². The van der Waals surface area contributed by atoms with Crippen molar-refractivity contribution in [1.82, 2.24) is 4.90 Å². The van der Waals surface area contributed by atoms with Gasteiger partial charge in [0.15, 0.2) is 0 Å². The highest BCUT2D eigenvalue weighted by Crippen LogP contribution is 2.49. The van der Waals surface area contributed by atoms with Crippen LogP contribution in [0.15, 0.2) is 0 Å². The maximum absolute atomic E-state index is 6.42. The number of fused-ring (bicyclic) bond motifs is 1. The molecule has 1 atom stereocenters. The van der Waals surface area contributed by atoms with Crippen LogP contribution in [0.5, 0.6) is 0 Å². The van der Waals surface area contributed by atoms with Gasteiger partial charge in [-0.2, -0.15) is 0 Å². The van der Waals surface area contributed by atoms with Gasteiger partial charge in [0.25, 0.3) is 0 Å². The van der Waals surface area contributed by atoms with E-state index in [1.165, 1.54) is 0 Å². The molecular weight excluding hydrogens is 338 g/mol. The highest BCUT2D eigenvalue weighted by molar-refractivity contribution is 6.52. The SMILES string of the molecule is CN1Cc2c(Cl)c(Cl)c(Cl)c(Cl)c2C1CC[N+](C)(C)C. The molecule has 6 heteroatoms. The monoisotopic (exact) mass is 355 g/mol. The quantitative estimate of drug-likeness (QED) is 0.423. The molecule has 0 spiro atoms. The zero-order chi connectivity index (χ0) is 15.2. The minimum atomic E-state index is 0.238. The number of benzene rings is 1. The van der Waals surface area contributed by atoms with Gasteiger partial charge in [0, 0.05) is 19.0 Å². The number of nitrogens with zero attached hydrogens (tertiary/aromatic N) is 2. The topological polar surface area (TPSA) is 3.24 Å². The van der Waals surface area contributed by atoms with Crippen LogP contribution >= 0.6 is 46.4 Å². The predicted molar refractivity (Wildman–Crippen MR) is 88.2 cm³/mol. The molecule has 0 aliphatic carbocycles. The van der Waals surface area contributed by atoms with Gasteiger partial charge in [0.05, 0.1) is 47.8 Å². The summed E-state index contributed by atoms with van der Waals surface area (Å²) in [6.07, 6.45) is 1.00. The van der Waals surface area contributed by atoms with Crippen LogP contribution in [0.25, 0.3) is 0 Å². The molecule has 0 amide bonds. The molecule has 0 radical (unpaired) electrons. The second-order valence-electron chi connectivity index (χ2n) is 6.38. The number of hydrogen-bond acceptors (Lipinski definition) is 1. The highest BCUT2D eigenvalue weighted by atomic mass is 35.5. The molecule has 1 unspecified atom stereocenters. The first-order chi connectivity index (χ1) is 9.13. The molecule has 2 nitrogen and oxygen atoms in total. The zero-order valence-corrected chi connectivity index (χ0v) is 15.1. The molecule has 0 N–H and O–H groups in total. The smallest absolute Gasteiger partial charge is 0.0798 e. The molecule has 0 aromatic heterocycles. The summed E-state index contributed by atoms with van der Waals surface area (Å²) in [6, 6.07) is 0.238. The maximum Gasteiger partial charge on any atom is 0.0798 e. The Morgan fingerprint density at radius 2 is 1.55 bits per heavy atom. The molecular formula is C14H19Cl4N2+. The Morgan fingerprint density at radius 3 is 2.10 bits per heavy atom. The summed E-state index contributed by atoms with van der Waals surface area (Å²) in [7, 11) is 8.62. The molecule has 0 saturated heterocycles. The average molecular weight is 357 g/mol. The first-order valence-electron chi connectivity index (χ1n) is 6.49. The third kappa shape index (κ3) is 3.06. The fraction of sp³-hybridized carbons (Fsp3) is 0.571. The van der Waals surface area contributed by atoms with Crippen LogP contribution in [-0.2, 0) is 6.54 Å². The van der Waals surface area contributed by atoms with Gasteiger partial charge in [-0.3, -0.25) is 4.90 Å². The molecule has 1 heterocycles. The number of quaternary nitrogens is 1. The van der Waals surface area contributed by atoms with Crippen molar-refractivity contribution in [2.45, 2.75) is 19.0 Å². The number of rotatable bonds is 3. The van der Waals surface area contributed by atoms with Gasteiger partial charge in [-0.1, -0.05) is 46.4 Å². The number of halogens is 4. The Morgan fingerprint density at radius 1 is 1.00 bits per heavy atom. The summed E-state index contributed by atoms with van der Waals surface area (Å²) >= 11 is 25.1. The van der Waals surface area contributed by atoms with Gasteiger partial charge in [0.1, 0.15) is 0 Å². The van der Waals surface area contributed by atoms with Crippen LogP contribution in [-0.4, -0.2) is 44.1 Å². The molecule has 20 heavy (non-hydrogen) atoms. The van der Waals surface area contributed by atoms with Gasteiger partial charge < -0.3 is 4.48 Å². The Bertz CT molecular complexity index is 537. The van der Waals surface area contributed by atoms with E-state index in [2.05, 4.69) is 33.1 Å². The molecule has 0 saturated carbocycles. The van der Waals surface area contributed by atoms with E-state index in [1.807, 2.05) is 0 Å². The Kier molecular flexibility index (Phi) is 4.86. The predicted octanol–water partition coefficient (Wildman–Crippen LogP) is 4.88. The van der Waals surface area contributed by atoms with Gasteiger partial charge in [-0.15, -0.1) is 0 Å². The van der Waals surface area contributed by atoms with E-state index in [-0.39, 0.29) is 6.04 Å². The lowest BCUT2D eigenvalue weighted by atomic mass is 10.0. The van der Waals surface area contributed by atoms with Crippen molar-refractivity contribution in [3.8, 4) is 0 Å². The maximum atomic E-state index is 6.42. The van der Waals surface area contributed by atoms with E-state index < -0.39 is 0 Å². The normalized spacial score (nSPS) is 19.5. The second-order valence-corrected chi connectivity index (χ2v) is 7.89. The van der Waals surface area contributed by atoms with Crippen molar-refractivity contribution < 1.29 is 4.48 Å². The third-order valence-corrected chi connectivity index (χ3v) is 5.61. The minimum absolute atomic E-state index is 0.238. The molecule has 0 bridgehead atoms. The van der Waals surface area contributed by atoms with E-state index in [9.17, 15) is 0 Å². The van der Waals surface area contributed by atoms with Crippen LogP contribution in [0.1, 0.15) is 23.6 Å². The summed E-state index contributed by atoms with van der Waals surface area (Å²) in [4.78, 5) is 2.25. The fourth-order valence-electron chi connectivity index (χ4n) is 2.65. The van der Waals surface area contributed by atoms with Crippen LogP contribution in [0, 0.1) is 0 Å². The van der Waals surface area contributed by atoms with E-state index in [1.54, 1.807) is 0 Å². The van der Waals surface area contributed by atoms with Crippen molar-refractivity contribution in [3.63, 3.8) is 0 Å². The van der Waals surface area contributed by atoms with Crippen molar-refractivity contribution in [2.24, 2.45) is 0 Å². The van der Waals surface area contributed by atoms with E-state index in [0.717, 1.165) is 35.1 Å². The van der Waals surface area contributed by atoms with Crippen LogP contribution in [0.4, 0.5) is 0 Å². The molecule has 1 aliphatic heterocycles. The average Bonchev–Trinajstić information content (AvgIpc) is 2.67. The standard InChI is InChI=1S/C14H19Cl4N2/c1-19-7-8-10(9(19)5-6-20(2,3)4)12(16)14(18)13(17)11(8)15/h9H,5-7H2,1-4H3/q+1. The highest BCUT2D eigenvalue weighted by Gasteiger charge is 2.35. The van der Waals surface area contributed by atoms with Gasteiger partial charge in [-0.05, 0) is 18.2 Å². The summed E-state index contributed by atoms with van der Waals surface area (Å²) in [5, 5.41) is 1.81. The van der Waals surface area contributed by atoms with Gasteiger partial charge >= 0.3 is 0 Å². The van der Waals surface area contributed by atoms with Crippen molar-refractivity contribution in [2.75, 3.05) is 34.7 Å². The lowest BCUT2D eigenvalue weighted by molar-refractivity contribution is -0.870. The molecule has 0 fully saturated rings. The molecule has 112 valence electrons. The summed E-state index contributed by atoms with van der Waals surface area (Å²) in [5.41, 5.74) is 2.06. The number of hydrogen-bond donors (Lipinski definition) is 0. The van der Waals surface area contributed by atoms with E-state index in [4.69, 9.17) is 46.4 Å². The molecule has 1 aromatic rings. The first-order valence-corrected chi connectivity index (χ1v) is 8.00. The Hall–Kier alpha value is 0.300. The Labute approximate surface area is 140 Å². The van der Waals surface area contributed by atoms with E-state index >= 15 is 0 Å². The van der Waals surface area contributed by atoms with E-state index in [0.29, 0.717) is 20.1 Å². The molecule has 1 aliphatic rings. The van der Waals surface area contributed by atoms with Crippen LogP contribution in [0.3, 0.4) is 0 Å². The third-order valence-electron chi connectivity index (χ3n) is 3.75. The lowest BCUT2D eigenvalue weighted by Gasteiger charge is -2.28. The minimum Gasteiger partial charge on any atom is -0.331 e. The van der Waals surface area contributed by atoms with Crippen molar-refractivity contribution in [3.05, 3.63) is 31.2 Å². The molecule has 1 aromatic carbocycles. The van der Waals surface area contributed by atoms with Crippen molar-refractivity contribution in [1.29, 1.82) is 0 Å². The van der Waals surface area contributed by atoms with Crippen LogP contribution < -0.4 is 0 Å². The Balaban J connectivity index is 2.42. The second kappa shape index (κ2) is 5.83. The van der Waals surface area contributed by atoms with Crippen LogP contribution in [0.2, 0.25) is 20.1 Å².